The van der Waals surface area contributed by atoms with Crippen molar-refractivity contribution in [3.05, 3.63) is 34.5 Å². The summed E-state index contributed by atoms with van der Waals surface area (Å²) in [7, 11) is 0. The maximum Gasteiger partial charge on any atom is 0.269 e. The van der Waals surface area contributed by atoms with Gasteiger partial charge < -0.3 is 5.73 Å². The molecule has 6 heteroatoms. The van der Waals surface area contributed by atoms with Gasteiger partial charge in [-0.2, -0.15) is 5.10 Å². The quantitative estimate of drug-likeness (QED) is 0.786. The van der Waals surface area contributed by atoms with E-state index >= 15 is 0 Å². The minimum atomic E-state index is -0.568. The first-order valence-corrected chi connectivity index (χ1v) is 4.82. The molecular formula is C8H7N4OS. The number of carbonyl (C=O) groups is 1. The van der Waals surface area contributed by atoms with Gasteiger partial charge in [-0.25, -0.2) is 4.98 Å². The van der Waals surface area contributed by atoms with Gasteiger partial charge in [-0.05, 0) is 0 Å². The van der Waals surface area contributed by atoms with Crippen LogP contribution in [0.2, 0.25) is 0 Å². The third-order valence-electron chi connectivity index (χ3n) is 1.62. The lowest BCUT2D eigenvalue weighted by molar-refractivity contribution is 0.0994. The number of amides is 1. The summed E-state index contributed by atoms with van der Waals surface area (Å²) < 4.78 is 1.58. The van der Waals surface area contributed by atoms with Gasteiger partial charge in [0.25, 0.3) is 5.91 Å². The zero-order valence-corrected chi connectivity index (χ0v) is 7.99. The Bertz CT molecular complexity index is 434. The van der Waals surface area contributed by atoms with Crippen molar-refractivity contribution in [2.75, 3.05) is 0 Å². The van der Waals surface area contributed by atoms with E-state index in [4.69, 9.17) is 5.73 Å². The van der Waals surface area contributed by atoms with E-state index in [9.17, 15) is 4.79 Å². The van der Waals surface area contributed by atoms with Crippen molar-refractivity contribution in [3.8, 4) is 0 Å². The molecule has 5 nitrogen and oxygen atoms in total. The van der Waals surface area contributed by atoms with Crippen molar-refractivity contribution < 1.29 is 4.79 Å². The van der Waals surface area contributed by atoms with Crippen molar-refractivity contribution in [2.24, 2.45) is 5.73 Å². The number of hydrogen-bond donors (Lipinski definition) is 1. The molecule has 14 heavy (non-hydrogen) atoms. The van der Waals surface area contributed by atoms with Crippen LogP contribution < -0.4 is 5.73 Å². The van der Waals surface area contributed by atoms with Crippen LogP contribution in [0.5, 0.6) is 0 Å². The highest BCUT2D eigenvalue weighted by atomic mass is 32.1. The first kappa shape index (κ1) is 8.89. The second kappa shape index (κ2) is 3.59. The third kappa shape index (κ3) is 1.80. The standard InChI is InChI=1S/C8H7N4OS/c9-8(13)7-1-2-12(11-7)3-6-4-14-5-10-6/h2,4-5H,3H2,(H2,9,13). The average molecular weight is 207 g/mol. The van der Waals surface area contributed by atoms with Crippen molar-refractivity contribution >= 4 is 17.2 Å². The van der Waals surface area contributed by atoms with Crippen LogP contribution in [-0.4, -0.2) is 20.7 Å². The van der Waals surface area contributed by atoms with E-state index in [0.29, 0.717) is 6.54 Å². The summed E-state index contributed by atoms with van der Waals surface area (Å²) in [6.07, 6.45) is 1.58. The Labute approximate surface area is 84.2 Å². The molecule has 1 radical (unpaired) electrons. The summed E-state index contributed by atoms with van der Waals surface area (Å²) in [5.74, 6) is -0.568. The van der Waals surface area contributed by atoms with Crippen LogP contribution in [0, 0.1) is 6.07 Å². The Balaban J connectivity index is 2.14. The van der Waals surface area contributed by atoms with Crippen molar-refractivity contribution in [1.82, 2.24) is 14.8 Å². The number of nitrogens with zero attached hydrogens (tertiary/aromatic N) is 3. The molecule has 0 aliphatic heterocycles. The average Bonchev–Trinajstić information content (AvgIpc) is 2.75. The minimum absolute atomic E-state index is 0.153. The Hall–Kier alpha value is -1.69. The maximum absolute atomic E-state index is 10.7. The van der Waals surface area contributed by atoms with Crippen molar-refractivity contribution in [1.29, 1.82) is 0 Å². The van der Waals surface area contributed by atoms with E-state index in [-0.39, 0.29) is 5.69 Å². The molecule has 0 fully saturated rings. The molecular weight excluding hydrogens is 200 g/mol. The lowest BCUT2D eigenvalue weighted by atomic mass is 10.4. The van der Waals surface area contributed by atoms with E-state index in [1.165, 1.54) is 11.3 Å². The molecule has 2 aromatic heterocycles. The van der Waals surface area contributed by atoms with Crippen molar-refractivity contribution in [2.45, 2.75) is 6.54 Å². The third-order valence-corrected chi connectivity index (χ3v) is 2.25. The summed E-state index contributed by atoms with van der Waals surface area (Å²) >= 11 is 1.52. The van der Waals surface area contributed by atoms with Crippen LogP contribution >= 0.6 is 11.3 Å². The number of nitrogens with two attached hydrogens (primary N) is 1. The lowest BCUT2D eigenvalue weighted by Gasteiger charge is -1.95. The molecule has 71 valence electrons. The van der Waals surface area contributed by atoms with Gasteiger partial charge in [-0.3, -0.25) is 9.48 Å². The SMILES string of the molecule is NC(=O)c1[c]cn(Cc2cscn2)n1. The molecule has 2 rings (SSSR count). The predicted molar refractivity (Wildman–Crippen MR) is 50.8 cm³/mol. The molecule has 0 aromatic carbocycles. The van der Waals surface area contributed by atoms with Crippen LogP contribution in [0.15, 0.2) is 17.1 Å². The van der Waals surface area contributed by atoms with Crippen LogP contribution in [0.4, 0.5) is 0 Å². The first-order valence-electron chi connectivity index (χ1n) is 3.87. The Kier molecular flexibility index (Phi) is 2.28. The van der Waals surface area contributed by atoms with E-state index in [2.05, 4.69) is 16.1 Å². The van der Waals surface area contributed by atoms with Gasteiger partial charge in [0, 0.05) is 17.6 Å². The van der Waals surface area contributed by atoms with Gasteiger partial charge in [0.1, 0.15) is 0 Å². The van der Waals surface area contributed by atoms with E-state index in [0.717, 1.165) is 5.69 Å². The molecule has 2 heterocycles. The van der Waals surface area contributed by atoms with Crippen LogP contribution in [0.25, 0.3) is 0 Å². The molecule has 2 N–H and O–H groups in total. The summed E-state index contributed by atoms with van der Waals surface area (Å²) in [6, 6.07) is 2.67. The number of hydrogen-bond acceptors (Lipinski definition) is 4. The maximum atomic E-state index is 10.7. The number of carbonyl (C=O) groups excluding carboxylic acids is 1. The molecule has 0 unspecified atom stereocenters. The highest BCUT2D eigenvalue weighted by Gasteiger charge is 2.05. The fraction of sp³-hybridized carbons (Fsp3) is 0.125. The monoisotopic (exact) mass is 207 g/mol. The van der Waals surface area contributed by atoms with Crippen LogP contribution in [0.1, 0.15) is 16.2 Å². The second-order valence-corrected chi connectivity index (χ2v) is 3.38. The number of aromatic nitrogens is 3. The fourth-order valence-electron chi connectivity index (χ4n) is 1.00. The summed E-state index contributed by atoms with van der Waals surface area (Å²) in [6.45, 7) is 0.535. The molecule has 0 spiro atoms. The zero-order chi connectivity index (χ0) is 9.97. The Morgan fingerprint density at radius 3 is 3.14 bits per heavy atom. The van der Waals surface area contributed by atoms with Crippen LogP contribution in [-0.2, 0) is 6.54 Å². The highest BCUT2D eigenvalue weighted by molar-refractivity contribution is 7.07. The summed E-state index contributed by atoms with van der Waals surface area (Å²) in [5.41, 5.74) is 7.85. The van der Waals surface area contributed by atoms with Crippen LogP contribution in [0.3, 0.4) is 0 Å². The molecule has 0 aliphatic rings. The van der Waals surface area contributed by atoms with Gasteiger partial charge in [0.2, 0.25) is 0 Å². The number of primary amides is 1. The predicted octanol–water partition coefficient (Wildman–Crippen LogP) is 0.287. The van der Waals surface area contributed by atoms with E-state index < -0.39 is 5.91 Å². The molecule has 0 saturated heterocycles. The summed E-state index contributed by atoms with van der Waals surface area (Å²) in [5, 5.41) is 5.86. The topological polar surface area (TPSA) is 73.8 Å². The number of rotatable bonds is 3. The summed E-state index contributed by atoms with van der Waals surface area (Å²) in [4.78, 5) is 14.8. The van der Waals surface area contributed by atoms with Gasteiger partial charge in [0.15, 0.2) is 5.69 Å². The van der Waals surface area contributed by atoms with Gasteiger partial charge >= 0.3 is 0 Å². The Morgan fingerprint density at radius 1 is 1.71 bits per heavy atom. The molecule has 1 amide bonds. The molecule has 0 aliphatic carbocycles. The van der Waals surface area contributed by atoms with E-state index in [1.54, 1.807) is 16.4 Å². The van der Waals surface area contributed by atoms with Gasteiger partial charge in [0.05, 0.1) is 17.7 Å². The van der Waals surface area contributed by atoms with Gasteiger partial charge in [-0.15, -0.1) is 11.3 Å². The normalized spacial score (nSPS) is 10.3. The fourth-order valence-corrected chi connectivity index (χ4v) is 1.55. The Morgan fingerprint density at radius 2 is 2.57 bits per heavy atom. The number of thiazole rings is 1. The first-order chi connectivity index (χ1) is 6.75. The molecule has 0 bridgehead atoms. The molecule has 0 saturated carbocycles. The smallest absolute Gasteiger partial charge is 0.269 e. The minimum Gasteiger partial charge on any atom is -0.364 e. The second-order valence-electron chi connectivity index (χ2n) is 2.66. The highest BCUT2D eigenvalue weighted by Crippen LogP contribution is 2.03. The zero-order valence-electron chi connectivity index (χ0n) is 7.17. The lowest BCUT2D eigenvalue weighted by Crippen LogP contribution is -2.12. The van der Waals surface area contributed by atoms with Gasteiger partial charge in [-0.1, -0.05) is 0 Å². The molecule has 0 atom stereocenters. The van der Waals surface area contributed by atoms with E-state index in [1.807, 2.05) is 5.38 Å². The largest absolute Gasteiger partial charge is 0.364 e. The van der Waals surface area contributed by atoms with Crippen molar-refractivity contribution in [3.63, 3.8) is 0 Å². The molecule has 2 aromatic rings.